The topological polar surface area (TPSA) is 173 Å². The van der Waals surface area contributed by atoms with E-state index in [0.717, 1.165) is 11.4 Å². The molecule has 0 aliphatic heterocycles. The third-order valence-electron chi connectivity index (χ3n) is 2.81. The summed E-state index contributed by atoms with van der Waals surface area (Å²) in [6.45, 7) is 0. The third-order valence-corrected chi connectivity index (χ3v) is 2.81. The van der Waals surface area contributed by atoms with Crippen LogP contribution in [-0.4, -0.2) is 56.2 Å². The van der Waals surface area contributed by atoms with Crippen LogP contribution in [0.2, 0.25) is 0 Å². The average Bonchev–Trinajstić information content (AvgIpc) is 3.38. The fourth-order valence-electron chi connectivity index (χ4n) is 1.59. The van der Waals surface area contributed by atoms with E-state index in [0.29, 0.717) is 19.7 Å². The quantitative estimate of drug-likeness (QED) is 0.207. The molecule has 2 rings (SSSR count). The van der Waals surface area contributed by atoms with Gasteiger partial charge in [-0.15, -0.1) is 37.2 Å². The van der Waals surface area contributed by atoms with Gasteiger partial charge in [-0.2, -0.15) is 0 Å². The van der Waals surface area contributed by atoms with E-state index in [1.165, 1.54) is 13.4 Å². The Morgan fingerprint density at radius 3 is 1.65 bits per heavy atom. The number of carboxylic acid groups (broad SMARTS) is 1. The summed E-state index contributed by atoms with van der Waals surface area (Å²) in [5.41, 5.74) is 12.3. The molecule has 0 spiro atoms. The standard InChI is InChI=1S/C7H11N3O2.C6H9N3O2.3ClH.I3.I2/c1-12-7(11)6(8)2-5-3-9-4-10-5;7-5(6(10)11)1-4-2-8-3-9-4;;;;1-3-2;1-2/h3-4,6H,2,8H2,1H3,(H,9,10);2-3,5H,1,7H2,(H,8,9)(H,10,11);3*1H;;/q;;;;;-1;/t6-;5-;;;;;/m00...../s1. The number of H-pyrrole nitrogens is 2. The van der Waals surface area contributed by atoms with Gasteiger partial charge >= 0.3 is 62.4 Å². The molecule has 0 unspecified atom stereocenters. The Balaban J connectivity index is -0.000000112. The van der Waals surface area contributed by atoms with Gasteiger partial charge in [-0.25, -0.2) is 9.97 Å². The molecule has 0 saturated heterocycles. The molecule has 0 aliphatic rings. The van der Waals surface area contributed by atoms with Crippen LogP contribution in [0.1, 0.15) is 11.4 Å². The van der Waals surface area contributed by atoms with Crippen molar-refractivity contribution in [2.45, 2.75) is 24.9 Å². The minimum absolute atomic E-state index is 0. The van der Waals surface area contributed by atoms with E-state index in [1.54, 1.807) is 18.7 Å². The maximum atomic E-state index is 10.9. The van der Waals surface area contributed by atoms with Crippen molar-refractivity contribution in [1.82, 2.24) is 19.9 Å². The molecule has 2 aromatic rings. The molecule has 0 bridgehead atoms. The number of nitrogens with one attached hydrogen (secondary N) is 2. The van der Waals surface area contributed by atoms with Crippen LogP contribution in [0.25, 0.3) is 0 Å². The van der Waals surface area contributed by atoms with Gasteiger partial charge in [0.1, 0.15) is 12.1 Å². The maximum Gasteiger partial charge on any atom is 0.320 e. The van der Waals surface area contributed by atoms with Gasteiger partial charge in [-0.1, -0.05) is 0 Å². The van der Waals surface area contributed by atoms with Crippen molar-refractivity contribution in [3.8, 4) is 0 Å². The van der Waals surface area contributed by atoms with Gasteiger partial charge in [0.25, 0.3) is 0 Å². The zero-order valence-corrected chi connectivity index (χ0v) is 29.0. The monoisotopic (exact) mass is 1070 g/mol. The number of hydrogen-bond donors (Lipinski definition) is 5. The molecule has 0 amide bonds. The fraction of sp³-hybridized carbons (Fsp3) is 0.385. The Bertz CT molecular complexity index is 631. The summed E-state index contributed by atoms with van der Waals surface area (Å²) >= 11 is 9.54. The SMILES string of the molecule is COC(=O)[C@@H](N)Cc1cnc[nH]1.Cl.Cl.Cl.II.I[I-]I.N[C@@H](Cc1cnc[nH]1)C(=O)O. The molecule has 2 heterocycles. The molecule has 2 aromatic heterocycles. The molecule has 0 aromatic carbocycles. The summed E-state index contributed by atoms with van der Waals surface area (Å²) in [6, 6.07) is -1.47. The van der Waals surface area contributed by atoms with Gasteiger partial charge in [-0.3, -0.25) is 9.59 Å². The van der Waals surface area contributed by atoms with Gasteiger partial charge in [0.15, 0.2) is 0 Å². The van der Waals surface area contributed by atoms with Crippen LogP contribution < -0.4 is 24.7 Å². The predicted molar refractivity (Wildman–Crippen MR) is 158 cm³/mol. The second-order valence-corrected chi connectivity index (χ2v) is 20.9. The number of ether oxygens (including phenoxy) is 1. The summed E-state index contributed by atoms with van der Waals surface area (Å²) in [6.07, 6.45) is 6.93. The third kappa shape index (κ3) is 24.7. The number of hydrogen-bond acceptors (Lipinski definition) is 7. The predicted octanol–water partition coefficient (Wildman–Crippen LogP) is 0.629. The number of carbonyl (C=O) groups excluding carboxylic acids is 1. The molecule has 7 N–H and O–H groups in total. The van der Waals surface area contributed by atoms with Gasteiger partial charge in [0.2, 0.25) is 0 Å². The Morgan fingerprint density at radius 2 is 1.39 bits per heavy atom. The number of carboxylic acids is 1. The molecule has 31 heavy (non-hydrogen) atoms. The van der Waals surface area contributed by atoms with Crippen LogP contribution in [-0.2, 0) is 27.2 Å². The summed E-state index contributed by atoms with van der Waals surface area (Å²) in [5, 5.41) is 8.42. The van der Waals surface area contributed by atoms with Crippen molar-refractivity contribution in [3.63, 3.8) is 0 Å². The van der Waals surface area contributed by atoms with Crippen LogP contribution in [0, 0.1) is 0 Å². The number of imidazole rings is 2. The van der Waals surface area contributed by atoms with E-state index < -0.39 is 24.0 Å². The van der Waals surface area contributed by atoms with Crippen molar-refractivity contribution >= 4 is 124 Å². The van der Waals surface area contributed by atoms with Crippen molar-refractivity contribution in [3.05, 3.63) is 36.4 Å². The van der Waals surface area contributed by atoms with E-state index in [4.69, 9.17) is 16.6 Å². The maximum absolute atomic E-state index is 10.9. The molecule has 0 fully saturated rings. The second kappa shape index (κ2) is 29.8. The van der Waals surface area contributed by atoms with E-state index >= 15 is 0 Å². The average molecular weight is 1070 g/mol. The van der Waals surface area contributed by atoms with Crippen molar-refractivity contribution < 1.29 is 32.7 Å². The van der Waals surface area contributed by atoms with Gasteiger partial charge in [0, 0.05) is 73.9 Å². The van der Waals surface area contributed by atoms with Crippen molar-refractivity contribution in [1.29, 1.82) is 0 Å². The Hall–Kier alpha value is 1.80. The molecule has 18 heteroatoms. The molecule has 0 radical (unpaired) electrons. The normalized spacial score (nSPS) is 10.3. The second-order valence-electron chi connectivity index (χ2n) is 4.69. The molecule has 0 saturated carbocycles. The van der Waals surface area contributed by atoms with Crippen LogP contribution in [0.15, 0.2) is 25.0 Å². The van der Waals surface area contributed by atoms with Crippen LogP contribution >= 0.6 is 112 Å². The van der Waals surface area contributed by atoms with Crippen LogP contribution in [0.5, 0.6) is 0 Å². The summed E-state index contributed by atoms with van der Waals surface area (Å²) in [5.74, 6) is -1.41. The summed E-state index contributed by atoms with van der Waals surface area (Å²) in [7, 11) is 1.31. The first kappa shape index (κ1) is 42.9. The minimum Gasteiger partial charge on any atom is -0.480 e. The van der Waals surface area contributed by atoms with Gasteiger partial charge in [0.05, 0.1) is 19.8 Å². The number of aromatic nitrogens is 4. The number of rotatable bonds is 6. The molecular weight excluding hydrogens is 1050 g/mol. The Labute approximate surface area is 252 Å². The van der Waals surface area contributed by atoms with Crippen molar-refractivity contribution in [2.24, 2.45) is 11.5 Å². The first-order valence-electron chi connectivity index (χ1n) is 7.13. The zero-order valence-electron chi connectivity index (χ0n) is 15.7. The first-order valence-corrected chi connectivity index (χ1v) is 26.0. The smallest absolute Gasteiger partial charge is 0.320 e. The molecular formula is C13H23Cl3I5N6O4-. The number of nitrogens with zero attached hydrogens (tertiary/aromatic N) is 2. The molecule has 2 atom stereocenters. The van der Waals surface area contributed by atoms with Crippen molar-refractivity contribution in [2.75, 3.05) is 7.11 Å². The largest absolute Gasteiger partial charge is 0.480 e. The van der Waals surface area contributed by atoms with Crippen LogP contribution in [0.3, 0.4) is 0 Å². The number of aromatic amines is 2. The van der Waals surface area contributed by atoms with E-state index in [-0.39, 0.29) is 43.6 Å². The molecule has 0 aliphatic carbocycles. The number of carbonyl (C=O) groups is 2. The number of nitrogens with two attached hydrogens (primary N) is 2. The number of methoxy groups -OCH3 is 1. The molecule has 186 valence electrons. The fourth-order valence-corrected chi connectivity index (χ4v) is 1.59. The number of aliphatic carboxylic acids is 1. The Morgan fingerprint density at radius 1 is 1.03 bits per heavy atom. The zero-order chi connectivity index (χ0) is 21.9. The van der Waals surface area contributed by atoms with Gasteiger partial charge < -0.3 is 31.3 Å². The number of halogens is 8. The summed E-state index contributed by atoms with van der Waals surface area (Å²) < 4.78 is 4.46. The minimum atomic E-state index is -1.00. The van der Waals surface area contributed by atoms with E-state index in [9.17, 15) is 9.59 Å². The van der Waals surface area contributed by atoms with Gasteiger partial charge in [-0.05, 0) is 0 Å². The van der Waals surface area contributed by atoms with Crippen LogP contribution in [0.4, 0.5) is 0 Å². The first-order chi connectivity index (χ1) is 13.3. The van der Waals surface area contributed by atoms with E-state index in [1.807, 2.05) is 0 Å². The number of esters is 1. The summed E-state index contributed by atoms with van der Waals surface area (Å²) in [4.78, 5) is 34.3. The molecule has 10 nitrogen and oxygen atoms in total. The Kier molecular flexibility index (Phi) is 41.3. The van der Waals surface area contributed by atoms with E-state index in [2.05, 4.69) is 99.1 Å².